The van der Waals surface area contributed by atoms with Crippen LogP contribution in [0.5, 0.6) is 0 Å². The standard InChI is InChI=1S/C20H25N5O3/c1-13-9-24(10-14(2)28-13)12-16-21-18-17(19(26)22-20(27)23(18)3)25(16)11-15-7-5-4-6-8-15/h4-8,13-14H,9-12H2,1-3H3,(H,22,26,27)/t13-,14+. The third-order valence-corrected chi connectivity index (χ3v) is 5.13. The van der Waals surface area contributed by atoms with E-state index in [9.17, 15) is 9.59 Å². The van der Waals surface area contributed by atoms with Gasteiger partial charge >= 0.3 is 5.69 Å². The molecular formula is C20H25N5O3. The number of aromatic nitrogens is 4. The summed E-state index contributed by atoms with van der Waals surface area (Å²) in [7, 11) is 1.63. The minimum absolute atomic E-state index is 0.142. The third-order valence-electron chi connectivity index (χ3n) is 5.13. The Bertz CT molecular complexity index is 1090. The van der Waals surface area contributed by atoms with E-state index in [2.05, 4.69) is 23.7 Å². The molecule has 1 aromatic carbocycles. The number of hydrogen-bond acceptors (Lipinski definition) is 5. The van der Waals surface area contributed by atoms with Gasteiger partial charge in [0.15, 0.2) is 11.2 Å². The number of rotatable bonds is 4. The van der Waals surface area contributed by atoms with Crippen molar-refractivity contribution in [3.63, 3.8) is 0 Å². The minimum Gasteiger partial charge on any atom is -0.373 e. The molecule has 4 rings (SSSR count). The van der Waals surface area contributed by atoms with Crippen molar-refractivity contribution in [1.29, 1.82) is 0 Å². The lowest BCUT2D eigenvalue weighted by atomic mass is 10.2. The van der Waals surface area contributed by atoms with Crippen LogP contribution in [0.25, 0.3) is 11.2 Å². The molecule has 3 aromatic rings. The van der Waals surface area contributed by atoms with Gasteiger partial charge < -0.3 is 9.30 Å². The molecule has 1 aliphatic heterocycles. The van der Waals surface area contributed by atoms with Crippen molar-refractivity contribution in [2.75, 3.05) is 13.1 Å². The molecule has 0 spiro atoms. The molecule has 148 valence electrons. The van der Waals surface area contributed by atoms with E-state index in [1.165, 1.54) is 4.57 Å². The van der Waals surface area contributed by atoms with Crippen LogP contribution in [0.2, 0.25) is 0 Å². The highest BCUT2D eigenvalue weighted by Crippen LogP contribution is 2.18. The van der Waals surface area contributed by atoms with Gasteiger partial charge in [0, 0.05) is 26.7 Å². The maximum Gasteiger partial charge on any atom is 0.329 e. The van der Waals surface area contributed by atoms with Crippen LogP contribution in [-0.2, 0) is 24.9 Å². The van der Waals surface area contributed by atoms with E-state index in [0.717, 1.165) is 24.5 Å². The largest absolute Gasteiger partial charge is 0.373 e. The Morgan fingerprint density at radius 3 is 2.46 bits per heavy atom. The SMILES string of the molecule is C[C@@H]1CN(Cc2nc3c(c(=O)[nH]c(=O)n3C)n2Cc2ccccc2)C[C@H](C)O1. The lowest BCUT2D eigenvalue weighted by Gasteiger charge is -2.35. The lowest BCUT2D eigenvalue weighted by molar-refractivity contribution is -0.0712. The maximum atomic E-state index is 12.6. The van der Waals surface area contributed by atoms with Crippen LogP contribution < -0.4 is 11.2 Å². The van der Waals surface area contributed by atoms with E-state index >= 15 is 0 Å². The monoisotopic (exact) mass is 383 g/mol. The number of imidazole rings is 1. The number of nitrogens with one attached hydrogen (secondary N) is 1. The van der Waals surface area contributed by atoms with Gasteiger partial charge in [-0.05, 0) is 19.4 Å². The van der Waals surface area contributed by atoms with E-state index in [1.54, 1.807) is 7.05 Å². The average molecular weight is 383 g/mol. The highest BCUT2D eigenvalue weighted by Gasteiger charge is 2.25. The summed E-state index contributed by atoms with van der Waals surface area (Å²) >= 11 is 0. The summed E-state index contributed by atoms with van der Waals surface area (Å²) in [6.45, 7) is 6.83. The minimum atomic E-state index is -0.456. The highest BCUT2D eigenvalue weighted by atomic mass is 16.5. The zero-order valence-electron chi connectivity index (χ0n) is 16.4. The van der Waals surface area contributed by atoms with Crippen LogP contribution in [0.1, 0.15) is 25.2 Å². The van der Waals surface area contributed by atoms with Crippen molar-refractivity contribution < 1.29 is 4.74 Å². The molecule has 2 aromatic heterocycles. The quantitative estimate of drug-likeness (QED) is 0.729. The predicted octanol–water partition coefficient (Wildman–Crippen LogP) is 1.08. The summed E-state index contributed by atoms with van der Waals surface area (Å²) in [5, 5.41) is 0. The van der Waals surface area contributed by atoms with Crippen LogP contribution in [-0.4, -0.2) is 49.3 Å². The van der Waals surface area contributed by atoms with E-state index in [4.69, 9.17) is 9.72 Å². The van der Waals surface area contributed by atoms with Crippen molar-refractivity contribution in [3.05, 3.63) is 62.6 Å². The Labute approximate surface area is 162 Å². The van der Waals surface area contributed by atoms with Crippen molar-refractivity contribution in [2.45, 2.75) is 39.1 Å². The molecule has 8 nitrogen and oxygen atoms in total. The van der Waals surface area contributed by atoms with Gasteiger partial charge in [0.2, 0.25) is 0 Å². The Hall–Kier alpha value is -2.71. The van der Waals surface area contributed by atoms with Gasteiger partial charge in [-0.1, -0.05) is 30.3 Å². The number of hydrogen-bond donors (Lipinski definition) is 1. The fraction of sp³-hybridized carbons (Fsp3) is 0.450. The number of ether oxygens (including phenoxy) is 1. The van der Waals surface area contributed by atoms with Gasteiger partial charge in [0.25, 0.3) is 5.56 Å². The molecule has 28 heavy (non-hydrogen) atoms. The highest BCUT2D eigenvalue weighted by molar-refractivity contribution is 5.71. The Morgan fingerprint density at radius 2 is 1.79 bits per heavy atom. The fourth-order valence-electron chi connectivity index (χ4n) is 3.95. The second kappa shape index (κ2) is 7.37. The molecule has 0 saturated carbocycles. The number of morpholine rings is 1. The van der Waals surface area contributed by atoms with Crippen molar-refractivity contribution in [3.8, 4) is 0 Å². The molecule has 0 unspecified atom stereocenters. The van der Waals surface area contributed by atoms with Crippen molar-refractivity contribution >= 4 is 11.2 Å². The van der Waals surface area contributed by atoms with Gasteiger partial charge in [-0.2, -0.15) is 0 Å². The molecule has 0 bridgehead atoms. The Balaban J connectivity index is 1.81. The first-order valence-electron chi connectivity index (χ1n) is 9.52. The first kappa shape index (κ1) is 18.6. The lowest BCUT2D eigenvalue weighted by Crippen LogP contribution is -2.45. The zero-order chi connectivity index (χ0) is 19.8. The van der Waals surface area contributed by atoms with Crippen LogP contribution in [0, 0.1) is 0 Å². The predicted molar refractivity (Wildman–Crippen MR) is 106 cm³/mol. The second-order valence-corrected chi connectivity index (χ2v) is 7.54. The smallest absolute Gasteiger partial charge is 0.329 e. The number of nitrogens with zero attached hydrogens (tertiary/aromatic N) is 4. The zero-order valence-corrected chi connectivity index (χ0v) is 16.4. The molecule has 1 saturated heterocycles. The second-order valence-electron chi connectivity index (χ2n) is 7.54. The normalized spacial score (nSPS) is 20.7. The van der Waals surface area contributed by atoms with Gasteiger partial charge in [0.05, 0.1) is 18.8 Å². The van der Waals surface area contributed by atoms with Crippen LogP contribution in [0.4, 0.5) is 0 Å². The summed E-state index contributed by atoms with van der Waals surface area (Å²) in [6, 6.07) is 9.94. The van der Waals surface area contributed by atoms with Crippen LogP contribution >= 0.6 is 0 Å². The van der Waals surface area contributed by atoms with Gasteiger partial charge in [-0.25, -0.2) is 9.78 Å². The van der Waals surface area contributed by atoms with Gasteiger partial charge in [0.1, 0.15) is 5.82 Å². The molecule has 0 aliphatic carbocycles. The number of benzene rings is 1. The molecule has 1 fully saturated rings. The summed E-state index contributed by atoms with van der Waals surface area (Å²) in [5.74, 6) is 0.770. The van der Waals surface area contributed by atoms with E-state index in [0.29, 0.717) is 24.3 Å². The molecule has 3 heterocycles. The Morgan fingerprint density at radius 1 is 1.11 bits per heavy atom. The number of H-pyrrole nitrogens is 1. The molecule has 2 atom stereocenters. The number of aryl methyl sites for hydroxylation is 1. The third kappa shape index (κ3) is 3.53. The van der Waals surface area contributed by atoms with Crippen LogP contribution in [0.3, 0.4) is 0 Å². The van der Waals surface area contributed by atoms with Crippen LogP contribution in [0.15, 0.2) is 39.9 Å². The van der Waals surface area contributed by atoms with Crippen molar-refractivity contribution in [2.24, 2.45) is 7.05 Å². The summed E-state index contributed by atoms with van der Waals surface area (Å²) in [6.07, 6.45) is 0.284. The average Bonchev–Trinajstić information content (AvgIpc) is 2.98. The Kier molecular flexibility index (Phi) is 4.91. The number of aromatic amines is 1. The van der Waals surface area contributed by atoms with Gasteiger partial charge in [-0.3, -0.25) is 19.2 Å². The molecule has 1 aliphatic rings. The molecule has 1 N–H and O–H groups in total. The fourth-order valence-corrected chi connectivity index (χ4v) is 3.95. The number of fused-ring (bicyclic) bond motifs is 1. The van der Waals surface area contributed by atoms with E-state index in [1.807, 2.05) is 34.9 Å². The first-order chi connectivity index (χ1) is 13.4. The summed E-state index contributed by atoms with van der Waals surface area (Å²) in [4.78, 5) is 34.0. The molecular weight excluding hydrogens is 358 g/mol. The summed E-state index contributed by atoms with van der Waals surface area (Å²) in [5.41, 5.74) is 1.04. The van der Waals surface area contributed by atoms with Gasteiger partial charge in [-0.15, -0.1) is 0 Å². The summed E-state index contributed by atoms with van der Waals surface area (Å²) < 4.78 is 9.14. The molecule has 0 radical (unpaired) electrons. The van der Waals surface area contributed by atoms with E-state index in [-0.39, 0.29) is 12.2 Å². The van der Waals surface area contributed by atoms with E-state index < -0.39 is 11.2 Å². The maximum absolute atomic E-state index is 12.6. The first-order valence-corrected chi connectivity index (χ1v) is 9.52. The molecule has 0 amide bonds. The molecule has 8 heteroatoms. The van der Waals surface area contributed by atoms with Crippen molar-refractivity contribution in [1.82, 2.24) is 24.0 Å². The topological polar surface area (TPSA) is 85.2 Å².